The van der Waals surface area contributed by atoms with Crippen LogP contribution in [0, 0.1) is 0 Å². The Hall–Kier alpha value is -10.2. The van der Waals surface area contributed by atoms with Gasteiger partial charge in [-0.3, -0.25) is 0 Å². The van der Waals surface area contributed by atoms with Gasteiger partial charge in [0.15, 0.2) is 0 Å². The van der Waals surface area contributed by atoms with Gasteiger partial charge in [-0.15, -0.1) is 0 Å². The van der Waals surface area contributed by atoms with E-state index in [1.165, 1.54) is 60.3 Å². The highest BCUT2D eigenvalue weighted by Gasteiger charge is 2.23. The maximum atomic E-state index is 2.43. The number of hydrogen-bond donors (Lipinski definition) is 0. The lowest BCUT2D eigenvalue weighted by Gasteiger charge is -2.28. The molecule has 358 valence electrons. The number of benzene rings is 12. The van der Waals surface area contributed by atoms with Crippen LogP contribution in [0.25, 0.3) is 88.4 Å². The maximum Gasteiger partial charge on any atom is 0.0547 e. The summed E-state index contributed by atoms with van der Waals surface area (Å²) in [6.07, 6.45) is 0. The highest BCUT2D eigenvalue weighted by molar-refractivity contribution is 6.18. The van der Waals surface area contributed by atoms with Gasteiger partial charge in [0, 0.05) is 67.0 Å². The van der Waals surface area contributed by atoms with Crippen LogP contribution in [-0.4, -0.2) is 9.13 Å². The number of anilines is 6. The summed E-state index contributed by atoms with van der Waals surface area (Å²) in [5.74, 6) is 0. The van der Waals surface area contributed by atoms with Crippen LogP contribution < -0.4 is 9.80 Å². The third-order valence-electron chi connectivity index (χ3n) is 14.9. The van der Waals surface area contributed by atoms with Crippen molar-refractivity contribution in [1.29, 1.82) is 0 Å². The molecule has 0 bridgehead atoms. The molecule has 2 aromatic heterocycles. The van der Waals surface area contributed by atoms with Gasteiger partial charge in [0.25, 0.3) is 0 Å². The number of aromatic nitrogens is 2. The molecule has 0 aliphatic rings. The second-order valence-electron chi connectivity index (χ2n) is 19.3. The van der Waals surface area contributed by atoms with Crippen molar-refractivity contribution in [3.63, 3.8) is 0 Å². The van der Waals surface area contributed by atoms with Crippen LogP contribution in [-0.2, 0) is 0 Å². The van der Waals surface area contributed by atoms with E-state index in [2.05, 4.69) is 322 Å². The zero-order valence-electron chi connectivity index (χ0n) is 41.7. The summed E-state index contributed by atoms with van der Waals surface area (Å²) in [5, 5.41) is 4.88. The predicted molar refractivity (Wildman–Crippen MR) is 321 cm³/mol. The first-order valence-electron chi connectivity index (χ1n) is 26.0. The molecule has 0 spiro atoms. The third-order valence-corrected chi connectivity index (χ3v) is 14.9. The largest absolute Gasteiger partial charge is 0.311 e. The highest BCUT2D eigenvalue weighted by atomic mass is 15.2. The molecule has 0 unspecified atom stereocenters. The zero-order chi connectivity index (χ0) is 50.4. The van der Waals surface area contributed by atoms with E-state index in [-0.39, 0.29) is 0 Å². The van der Waals surface area contributed by atoms with Gasteiger partial charge in [0.2, 0.25) is 0 Å². The third kappa shape index (κ3) is 7.71. The van der Waals surface area contributed by atoms with Crippen molar-refractivity contribution in [2.24, 2.45) is 0 Å². The fourth-order valence-electron chi connectivity index (χ4n) is 11.6. The molecule has 12 aromatic carbocycles. The van der Waals surface area contributed by atoms with Gasteiger partial charge < -0.3 is 18.9 Å². The van der Waals surface area contributed by atoms with Crippen molar-refractivity contribution >= 4 is 77.7 Å². The normalized spacial score (nSPS) is 11.4. The first-order chi connectivity index (χ1) is 37.7. The Morgan fingerprint density at radius 3 is 1.24 bits per heavy atom. The van der Waals surface area contributed by atoms with E-state index in [4.69, 9.17) is 0 Å². The minimum absolute atomic E-state index is 1.06. The first kappa shape index (κ1) is 44.5. The Morgan fingerprint density at radius 2 is 0.632 bits per heavy atom. The van der Waals surface area contributed by atoms with Crippen molar-refractivity contribution in [3.8, 4) is 44.8 Å². The predicted octanol–water partition coefficient (Wildman–Crippen LogP) is 19.8. The molecular weight excluding hydrogens is 921 g/mol. The fraction of sp³-hybridized carbons (Fsp3) is 0. The number of fused-ring (bicyclic) bond motifs is 6. The summed E-state index contributed by atoms with van der Waals surface area (Å²) in [5.41, 5.74) is 20.4. The number of rotatable bonds is 11. The number of hydrogen-bond acceptors (Lipinski definition) is 2. The maximum absolute atomic E-state index is 2.43. The summed E-state index contributed by atoms with van der Waals surface area (Å²) >= 11 is 0. The molecule has 0 saturated heterocycles. The molecular formula is C72H50N4. The van der Waals surface area contributed by atoms with Gasteiger partial charge in [-0.25, -0.2) is 0 Å². The van der Waals surface area contributed by atoms with E-state index in [1.807, 2.05) is 0 Å². The average molecular weight is 971 g/mol. The molecule has 14 rings (SSSR count). The summed E-state index contributed by atoms with van der Waals surface area (Å²) < 4.78 is 4.81. The van der Waals surface area contributed by atoms with E-state index in [0.717, 1.165) is 62.2 Å². The summed E-state index contributed by atoms with van der Waals surface area (Å²) in [6.45, 7) is 0. The van der Waals surface area contributed by atoms with Crippen LogP contribution in [0.1, 0.15) is 0 Å². The molecule has 0 saturated carbocycles. The van der Waals surface area contributed by atoms with Crippen molar-refractivity contribution in [2.45, 2.75) is 0 Å². The molecule has 14 aromatic rings. The topological polar surface area (TPSA) is 16.3 Å². The molecule has 0 amide bonds. The van der Waals surface area contributed by atoms with E-state index < -0.39 is 0 Å². The van der Waals surface area contributed by atoms with E-state index >= 15 is 0 Å². The molecule has 76 heavy (non-hydrogen) atoms. The van der Waals surface area contributed by atoms with Crippen molar-refractivity contribution in [1.82, 2.24) is 9.13 Å². The van der Waals surface area contributed by atoms with Gasteiger partial charge in [0.05, 0.1) is 22.1 Å². The minimum atomic E-state index is 1.06. The van der Waals surface area contributed by atoms with E-state index in [1.54, 1.807) is 0 Å². The van der Waals surface area contributed by atoms with Gasteiger partial charge in [-0.1, -0.05) is 176 Å². The second kappa shape index (κ2) is 19.0. The molecule has 0 atom stereocenters. The lowest BCUT2D eigenvalue weighted by Crippen LogP contribution is -2.12. The van der Waals surface area contributed by atoms with Crippen LogP contribution in [0.5, 0.6) is 0 Å². The van der Waals surface area contributed by atoms with Crippen molar-refractivity contribution in [2.75, 3.05) is 9.80 Å². The zero-order valence-corrected chi connectivity index (χ0v) is 41.7. The molecule has 4 nitrogen and oxygen atoms in total. The smallest absolute Gasteiger partial charge is 0.0547 e. The number of nitrogens with zero attached hydrogens (tertiary/aromatic N) is 4. The Morgan fingerprint density at radius 1 is 0.224 bits per heavy atom. The van der Waals surface area contributed by atoms with Crippen molar-refractivity contribution in [3.05, 3.63) is 303 Å². The standard InChI is InChI=1S/C72H50N4/c1-6-24-53(25-7-1)73(54-26-8-2-9-27-54)58-44-46-59(47-45-58)74(55-28-10-3-11-29-55)60-34-20-23-51(49-60)61-37-21-38-63(64-39-22-42-70-72(64)65-36-17-19-41-68(65)76(70)57-32-14-5-15-33-57)71(61)52-43-48-69-66(50-52)62-35-16-18-40-67(62)75(69)56-30-12-4-13-31-56/h1-50H. The van der Waals surface area contributed by atoms with Crippen LogP contribution >= 0.6 is 0 Å². The molecule has 4 heteroatoms. The Balaban J connectivity index is 0.978. The van der Waals surface area contributed by atoms with Gasteiger partial charge >= 0.3 is 0 Å². The second-order valence-corrected chi connectivity index (χ2v) is 19.3. The Bertz CT molecular complexity index is 4330. The minimum Gasteiger partial charge on any atom is -0.311 e. The summed E-state index contributed by atoms with van der Waals surface area (Å²) in [7, 11) is 0. The van der Waals surface area contributed by atoms with Crippen molar-refractivity contribution < 1.29 is 0 Å². The fourth-order valence-corrected chi connectivity index (χ4v) is 11.6. The molecule has 0 aliphatic heterocycles. The first-order valence-corrected chi connectivity index (χ1v) is 26.0. The van der Waals surface area contributed by atoms with Crippen LogP contribution in [0.4, 0.5) is 34.1 Å². The monoisotopic (exact) mass is 970 g/mol. The molecule has 0 radical (unpaired) electrons. The summed E-state index contributed by atoms with van der Waals surface area (Å²) in [4.78, 5) is 4.68. The Kier molecular flexibility index (Phi) is 11.2. The van der Waals surface area contributed by atoms with Crippen LogP contribution in [0.2, 0.25) is 0 Å². The van der Waals surface area contributed by atoms with Crippen LogP contribution in [0.3, 0.4) is 0 Å². The van der Waals surface area contributed by atoms with Gasteiger partial charge in [-0.05, 0) is 161 Å². The van der Waals surface area contributed by atoms with E-state index in [9.17, 15) is 0 Å². The highest BCUT2D eigenvalue weighted by Crippen LogP contribution is 2.48. The average Bonchev–Trinajstić information content (AvgIpc) is 4.11. The molecule has 0 N–H and O–H groups in total. The quantitative estimate of drug-likeness (QED) is 0.128. The summed E-state index contributed by atoms with van der Waals surface area (Å²) in [6, 6.07) is 110. The van der Waals surface area contributed by atoms with Crippen LogP contribution in [0.15, 0.2) is 303 Å². The Labute approximate surface area is 442 Å². The lowest BCUT2D eigenvalue weighted by molar-refractivity contribution is 1.18. The van der Waals surface area contributed by atoms with Gasteiger partial charge in [-0.2, -0.15) is 0 Å². The molecule has 0 aliphatic carbocycles. The van der Waals surface area contributed by atoms with E-state index in [0.29, 0.717) is 0 Å². The molecule has 2 heterocycles. The molecule has 0 fully saturated rings. The SMILES string of the molecule is c1ccc(N(c2ccccc2)c2ccc(N(c3ccccc3)c3cccc(-c4cccc(-c5cccc6c5c5ccccc5n6-c5ccccc5)c4-c4ccc5c(c4)c4ccccc4n5-c4ccccc4)c3)cc2)cc1. The van der Waals surface area contributed by atoms with Gasteiger partial charge in [0.1, 0.15) is 0 Å². The lowest BCUT2D eigenvalue weighted by atomic mass is 9.86. The number of para-hydroxylation sites is 7.